The van der Waals surface area contributed by atoms with Gasteiger partial charge in [0.05, 0.1) is 0 Å². The topological polar surface area (TPSA) is 29.5 Å². The van der Waals surface area contributed by atoms with E-state index in [-0.39, 0.29) is 5.91 Å². The normalized spacial score (nSPS) is 13.4. The number of fused-ring (bicyclic) bond motifs is 1. The maximum Gasteiger partial charge on any atom is 0.246 e. The molecule has 3 nitrogen and oxygen atoms in total. The molecule has 0 bridgehead atoms. The fraction of sp³-hybridized carbons (Fsp3) is 0.167. The van der Waals surface area contributed by atoms with Crippen LogP contribution in [0.3, 0.4) is 0 Å². The molecular formula is C18H16ClNO2. The van der Waals surface area contributed by atoms with Crippen molar-refractivity contribution in [2.45, 2.75) is 13.0 Å². The van der Waals surface area contributed by atoms with Gasteiger partial charge in [0, 0.05) is 18.1 Å². The third-order valence-corrected chi connectivity index (χ3v) is 3.98. The lowest BCUT2D eigenvalue weighted by Crippen LogP contribution is -2.34. The van der Waals surface area contributed by atoms with Gasteiger partial charge in [-0.3, -0.25) is 4.79 Å². The van der Waals surface area contributed by atoms with Crippen LogP contribution in [0.4, 0.5) is 0 Å². The number of rotatable bonds is 3. The van der Waals surface area contributed by atoms with Gasteiger partial charge in [0.2, 0.25) is 5.91 Å². The van der Waals surface area contributed by atoms with Gasteiger partial charge >= 0.3 is 0 Å². The second-order valence-corrected chi connectivity index (χ2v) is 5.64. The largest absolute Gasteiger partial charge is 0.457 e. The number of hydrogen-bond donors (Lipinski definition) is 0. The molecule has 1 aliphatic rings. The Bertz CT molecular complexity index is 710. The van der Waals surface area contributed by atoms with Crippen LogP contribution in [0.2, 0.25) is 5.02 Å². The molecule has 0 saturated heterocycles. The fourth-order valence-electron chi connectivity index (χ4n) is 2.55. The molecule has 2 aromatic carbocycles. The lowest BCUT2D eigenvalue weighted by atomic mass is 9.99. The van der Waals surface area contributed by atoms with E-state index in [1.807, 2.05) is 24.3 Å². The van der Waals surface area contributed by atoms with Crippen molar-refractivity contribution in [2.75, 3.05) is 6.54 Å². The molecule has 0 aromatic heterocycles. The molecule has 0 saturated carbocycles. The highest BCUT2D eigenvalue weighted by atomic mass is 35.5. The molecule has 22 heavy (non-hydrogen) atoms. The number of carbonyl (C=O) groups is 1. The van der Waals surface area contributed by atoms with Gasteiger partial charge in [0.25, 0.3) is 0 Å². The highest BCUT2D eigenvalue weighted by Crippen LogP contribution is 2.28. The van der Waals surface area contributed by atoms with Crippen molar-refractivity contribution in [1.29, 1.82) is 0 Å². The van der Waals surface area contributed by atoms with Crippen molar-refractivity contribution in [3.63, 3.8) is 0 Å². The van der Waals surface area contributed by atoms with Gasteiger partial charge in [-0.15, -0.1) is 0 Å². The number of carbonyl (C=O) groups excluding carboxylic acids is 1. The molecule has 0 aliphatic carbocycles. The average molecular weight is 314 g/mol. The summed E-state index contributed by atoms with van der Waals surface area (Å²) in [4.78, 5) is 13.5. The Balaban J connectivity index is 1.79. The predicted octanol–water partition coefficient (Wildman–Crippen LogP) is 4.20. The number of amides is 1. The van der Waals surface area contributed by atoms with E-state index >= 15 is 0 Å². The molecule has 112 valence electrons. The predicted molar refractivity (Wildman–Crippen MR) is 87.3 cm³/mol. The van der Waals surface area contributed by atoms with Crippen molar-refractivity contribution < 1.29 is 9.53 Å². The van der Waals surface area contributed by atoms with Crippen molar-refractivity contribution in [1.82, 2.24) is 4.90 Å². The molecule has 0 unspecified atom stereocenters. The Morgan fingerprint density at radius 1 is 1.14 bits per heavy atom. The SMILES string of the molecule is C=CC(=O)N1CCc2ccc(Oc3ccc(Cl)cc3)cc2C1. The molecule has 0 atom stereocenters. The van der Waals surface area contributed by atoms with Gasteiger partial charge in [-0.05, 0) is 60.0 Å². The smallest absolute Gasteiger partial charge is 0.246 e. The van der Waals surface area contributed by atoms with Crippen molar-refractivity contribution >= 4 is 17.5 Å². The van der Waals surface area contributed by atoms with E-state index in [4.69, 9.17) is 16.3 Å². The van der Waals surface area contributed by atoms with E-state index < -0.39 is 0 Å². The van der Waals surface area contributed by atoms with Crippen molar-refractivity contribution in [3.8, 4) is 11.5 Å². The average Bonchev–Trinajstić information content (AvgIpc) is 2.55. The van der Waals surface area contributed by atoms with E-state index in [0.717, 1.165) is 30.0 Å². The molecule has 0 fully saturated rings. The zero-order valence-electron chi connectivity index (χ0n) is 12.1. The zero-order chi connectivity index (χ0) is 15.5. The van der Waals surface area contributed by atoms with Crippen LogP contribution in [0.25, 0.3) is 0 Å². The minimum atomic E-state index is -0.0327. The Morgan fingerprint density at radius 2 is 1.86 bits per heavy atom. The molecule has 4 heteroatoms. The Morgan fingerprint density at radius 3 is 2.59 bits per heavy atom. The summed E-state index contributed by atoms with van der Waals surface area (Å²) in [6, 6.07) is 13.3. The summed E-state index contributed by atoms with van der Waals surface area (Å²) in [6.45, 7) is 4.87. The summed E-state index contributed by atoms with van der Waals surface area (Å²) >= 11 is 5.87. The number of benzene rings is 2. The molecule has 1 aliphatic heterocycles. The van der Waals surface area contributed by atoms with E-state index in [1.165, 1.54) is 11.6 Å². The van der Waals surface area contributed by atoms with Gasteiger partial charge < -0.3 is 9.64 Å². The van der Waals surface area contributed by atoms with Crippen LogP contribution in [-0.2, 0) is 17.8 Å². The maximum atomic E-state index is 11.7. The second kappa shape index (κ2) is 6.24. The highest BCUT2D eigenvalue weighted by molar-refractivity contribution is 6.30. The molecule has 0 spiro atoms. The first kappa shape index (κ1) is 14.7. The number of halogens is 1. The van der Waals surface area contributed by atoms with E-state index in [1.54, 1.807) is 17.0 Å². The van der Waals surface area contributed by atoms with E-state index in [0.29, 0.717) is 11.6 Å². The van der Waals surface area contributed by atoms with E-state index in [9.17, 15) is 4.79 Å². The minimum Gasteiger partial charge on any atom is -0.457 e. The van der Waals surface area contributed by atoms with Crippen LogP contribution in [0.1, 0.15) is 11.1 Å². The first-order chi connectivity index (χ1) is 10.7. The summed E-state index contributed by atoms with van der Waals surface area (Å²) in [5, 5.41) is 0.677. The minimum absolute atomic E-state index is 0.0327. The first-order valence-corrected chi connectivity index (χ1v) is 7.50. The Kier molecular flexibility index (Phi) is 4.16. The van der Waals surface area contributed by atoms with E-state index in [2.05, 4.69) is 12.6 Å². The monoisotopic (exact) mass is 313 g/mol. The van der Waals surface area contributed by atoms with Gasteiger partial charge in [-0.25, -0.2) is 0 Å². The fourth-order valence-corrected chi connectivity index (χ4v) is 2.68. The highest BCUT2D eigenvalue weighted by Gasteiger charge is 2.19. The molecule has 3 rings (SSSR count). The summed E-state index contributed by atoms with van der Waals surface area (Å²) in [7, 11) is 0. The van der Waals surface area contributed by atoms with Crippen LogP contribution in [0, 0.1) is 0 Å². The zero-order valence-corrected chi connectivity index (χ0v) is 12.8. The van der Waals surface area contributed by atoms with Gasteiger partial charge in [-0.2, -0.15) is 0 Å². The lowest BCUT2D eigenvalue weighted by molar-refractivity contribution is -0.126. The van der Waals surface area contributed by atoms with Crippen LogP contribution in [0.5, 0.6) is 11.5 Å². The molecule has 2 aromatic rings. The van der Waals surface area contributed by atoms with Gasteiger partial charge in [-0.1, -0.05) is 24.2 Å². The Labute approximate surface area is 134 Å². The number of ether oxygens (including phenoxy) is 1. The second-order valence-electron chi connectivity index (χ2n) is 5.20. The van der Waals surface area contributed by atoms with Crippen LogP contribution in [0.15, 0.2) is 55.1 Å². The standard InChI is InChI=1S/C18H16ClNO2/c1-2-18(21)20-10-9-13-3-6-17(11-14(13)12-20)22-16-7-4-15(19)5-8-16/h2-8,11H,1,9-10,12H2. The molecule has 0 N–H and O–H groups in total. The number of hydrogen-bond acceptors (Lipinski definition) is 2. The molecule has 1 heterocycles. The molecule has 0 radical (unpaired) electrons. The van der Waals surface area contributed by atoms with Crippen molar-refractivity contribution in [2.24, 2.45) is 0 Å². The Hall–Kier alpha value is -2.26. The summed E-state index contributed by atoms with van der Waals surface area (Å²) in [6.07, 6.45) is 2.22. The van der Waals surface area contributed by atoms with Crippen LogP contribution in [-0.4, -0.2) is 17.4 Å². The summed E-state index contributed by atoms with van der Waals surface area (Å²) in [5.41, 5.74) is 2.38. The van der Waals surface area contributed by atoms with Gasteiger partial charge in [0.1, 0.15) is 11.5 Å². The number of nitrogens with zero attached hydrogens (tertiary/aromatic N) is 1. The third-order valence-electron chi connectivity index (χ3n) is 3.73. The van der Waals surface area contributed by atoms with Gasteiger partial charge in [0.15, 0.2) is 0 Å². The summed E-state index contributed by atoms with van der Waals surface area (Å²) < 4.78 is 5.84. The molecule has 1 amide bonds. The lowest BCUT2D eigenvalue weighted by Gasteiger charge is -2.28. The summed E-state index contributed by atoms with van der Waals surface area (Å²) in [5.74, 6) is 1.46. The molecular weight excluding hydrogens is 298 g/mol. The van der Waals surface area contributed by atoms with Crippen LogP contribution < -0.4 is 4.74 Å². The quantitative estimate of drug-likeness (QED) is 0.795. The van der Waals surface area contributed by atoms with Crippen LogP contribution >= 0.6 is 11.6 Å². The maximum absolute atomic E-state index is 11.7. The third kappa shape index (κ3) is 3.15. The first-order valence-electron chi connectivity index (χ1n) is 7.12. The van der Waals surface area contributed by atoms with Crippen molar-refractivity contribution in [3.05, 3.63) is 71.3 Å².